The topological polar surface area (TPSA) is 90.6 Å². The Kier molecular flexibility index (Phi) is 5.43. The number of rotatable bonds is 4. The average Bonchev–Trinajstić information content (AvgIpc) is 2.84. The summed E-state index contributed by atoms with van der Waals surface area (Å²) in [5.41, 5.74) is 1.93. The average molecular weight is 444 g/mol. The Morgan fingerprint density at radius 1 is 1.00 bits per heavy atom. The minimum absolute atomic E-state index is 0.107. The third kappa shape index (κ3) is 3.89. The van der Waals surface area contributed by atoms with Gasteiger partial charge in [-0.1, -0.05) is 18.2 Å². The number of para-hydroxylation sites is 2. The molecule has 1 aliphatic heterocycles. The first-order chi connectivity index (χ1) is 16.0. The maximum atomic E-state index is 13.2. The molecule has 8 heteroatoms. The number of likely N-dealkylation sites (N-methyl/N-ethyl adjacent to an activating group) is 1. The van der Waals surface area contributed by atoms with E-state index in [0.29, 0.717) is 38.9 Å². The van der Waals surface area contributed by atoms with Crippen LogP contribution in [0.5, 0.6) is 5.88 Å². The van der Waals surface area contributed by atoms with Crippen molar-refractivity contribution < 1.29 is 9.53 Å². The molecule has 4 aromatic rings. The number of piperazine rings is 1. The van der Waals surface area contributed by atoms with Gasteiger partial charge in [0.25, 0.3) is 5.91 Å². The number of methoxy groups -OCH3 is 1. The van der Waals surface area contributed by atoms with Crippen molar-refractivity contribution >= 4 is 39.2 Å². The number of aromatic nitrogens is 2. The van der Waals surface area contributed by atoms with Gasteiger partial charge in [0.05, 0.1) is 18.2 Å². The van der Waals surface area contributed by atoms with E-state index in [0.717, 1.165) is 32.0 Å². The van der Waals surface area contributed by atoms with Crippen LogP contribution in [0.4, 0.5) is 11.5 Å². The summed E-state index contributed by atoms with van der Waals surface area (Å²) in [6.45, 7) is 3.71. The van der Waals surface area contributed by atoms with Gasteiger partial charge in [-0.15, -0.1) is 0 Å². The van der Waals surface area contributed by atoms with E-state index >= 15 is 0 Å². The summed E-state index contributed by atoms with van der Waals surface area (Å²) in [7, 11) is 3.64. The number of nitrogens with one attached hydrogen (secondary N) is 2. The van der Waals surface area contributed by atoms with Gasteiger partial charge in [0.2, 0.25) is 5.88 Å². The van der Waals surface area contributed by atoms with E-state index < -0.39 is 0 Å². The first-order valence-electron chi connectivity index (χ1n) is 10.9. The van der Waals surface area contributed by atoms with Gasteiger partial charge < -0.3 is 24.8 Å². The highest BCUT2D eigenvalue weighted by Gasteiger charge is 2.19. The highest BCUT2D eigenvalue weighted by Crippen LogP contribution is 2.27. The number of carbonyl (C=O) groups is 1. The number of hydrogen-bond acceptors (Lipinski definition) is 6. The third-order valence-corrected chi connectivity index (χ3v) is 6.10. The summed E-state index contributed by atoms with van der Waals surface area (Å²) < 4.78 is 5.48. The smallest absolute Gasteiger partial charge is 0.257 e. The predicted octanol–water partition coefficient (Wildman–Crippen LogP) is 3.09. The maximum Gasteiger partial charge on any atom is 0.257 e. The maximum absolute atomic E-state index is 13.2. The minimum Gasteiger partial charge on any atom is -0.479 e. The number of benzene rings is 2. The van der Waals surface area contributed by atoms with E-state index in [-0.39, 0.29) is 11.3 Å². The molecule has 0 aliphatic carbocycles. The fraction of sp³-hybridized carbons (Fsp3) is 0.240. The van der Waals surface area contributed by atoms with Crippen LogP contribution >= 0.6 is 0 Å². The van der Waals surface area contributed by atoms with E-state index in [1.165, 1.54) is 7.11 Å². The Morgan fingerprint density at radius 2 is 1.76 bits per heavy atom. The van der Waals surface area contributed by atoms with Gasteiger partial charge in [-0.3, -0.25) is 9.59 Å². The lowest BCUT2D eigenvalue weighted by molar-refractivity contribution is 0.102. The molecule has 2 aromatic heterocycles. The van der Waals surface area contributed by atoms with Crippen molar-refractivity contribution in [1.29, 1.82) is 0 Å². The molecule has 1 aliphatic rings. The molecule has 1 fully saturated rings. The second kappa shape index (κ2) is 8.55. The quantitative estimate of drug-likeness (QED) is 0.471. The van der Waals surface area contributed by atoms with Crippen LogP contribution in [0.1, 0.15) is 10.4 Å². The minimum atomic E-state index is -0.348. The molecule has 2 aromatic carbocycles. The van der Waals surface area contributed by atoms with E-state index in [1.807, 2.05) is 24.3 Å². The molecule has 1 saturated heterocycles. The normalized spacial score (nSPS) is 14.5. The lowest BCUT2D eigenvalue weighted by atomic mass is 10.1. The van der Waals surface area contributed by atoms with Crippen molar-refractivity contribution in [2.45, 2.75) is 0 Å². The zero-order valence-corrected chi connectivity index (χ0v) is 18.6. The number of aromatic amines is 1. The standard InChI is InChI=1S/C25H25N5O3/c1-29-12-14-30(15-13-29)21-11-10-20(25(28-21)33-2)27-24(32)18-8-5-7-17-22(18)26-19-9-4-3-6-16(19)23(17)31/h3-11H,12-15H2,1-2H3,(H,26,31)(H,27,32). The second-order valence-electron chi connectivity index (χ2n) is 8.20. The predicted molar refractivity (Wildman–Crippen MR) is 131 cm³/mol. The zero-order chi connectivity index (χ0) is 22.9. The third-order valence-electron chi connectivity index (χ3n) is 6.10. The molecule has 0 saturated carbocycles. The SMILES string of the molecule is COc1nc(N2CCN(C)CC2)ccc1NC(=O)c1cccc2c(=O)c3ccccc3[nH]c12. The number of H-pyrrole nitrogens is 1. The summed E-state index contributed by atoms with van der Waals surface area (Å²) in [4.78, 5) is 38.5. The fourth-order valence-corrected chi connectivity index (χ4v) is 4.22. The fourth-order valence-electron chi connectivity index (χ4n) is 4.22. The lowest BCUT2D eigenvalue weighted by Crippen LogP contribution is -2.44. The van der Waals surface area contributed by atoms with Crippen molar-refractivity contribution in [2.24, 2.45) is 0 Å². The van der Waals surface area contributed by atoms with Gasteiger partial charge in [-0.25, -0.2) is 0 Å². The number of hydrogen-bond donors (Lipinski definition) is 2. The Hall–Kier alpha value is -3.91. The summed E-state index contributed by atoms with van der Waals surface area (Å²) in [6, 6.07) is 16.1. The number of nitrogens with zero attached hydrogens (tertiary/aromatic N) is 3. The van der Waals surface area contributed by atoms with Crippen LogP contribution < -0.4 is 20.4 Å². The molecule has 0 spiro atoms. The van der Waals surface area contributed by atoms with Crippen LogP contribution in [0.15, 0.2) is 59.4 Å². The van der Waals surface area contributed by atoms with Crippen LogP contribution in [0.3, 0.4) is 0 Å². The highest BCUT2D eigenvalue weighted by molar-refractivity contribution is 6.13. The Labute approximate surface area is 190 Å². The Morgan fingerprint density at radius 3 is 2.55 bits per heavy atom. The number of fused-ring (bicyclic) bond motifs is 2. The van der Waals surface area contributed by atoms with Gasteiger partial charge >= 0.3 is 0 Å². The summed E-state index contributed by atoms with van der Waals surface area (Å²) >= 11 is 0. The number of carbonyl (C=O) groups excluding carboxylic acids is 1. The van der Waals surface area contributed by atoms with E-state index in [1.54, 1.807) is 30.3 Å². The Balaban J connectivity index is 1.48. The van der Waals surface area contributed by atoms with Crippen molar-refractivity contribution in [3.8, 4) is 5.88 Å². The van der Waals surface area contributed by atoms with Crippen LogP contribution in [0.25, 0.3) is 21.8 Å². The molecule has 0 radical (unpaired) electrons. The Bertz CT molecular complexity index is 1410. The van der Waals surface area contributed by atoms with Crippen LogP contribution in [-0.4, -0.2) is 61.1 Å². The molecule has 8 nitrogen and oxygen atoms in total. The molecule has 3 heterocycles. The van der Waals surface area contributed by atoms with Gasteiger partial charge in [0, 0.05) is 42.5 Å². The van der Waals surface area contributed by atoms with Crippen LogP contribution in [0, 0.1) is 0 Å². The van der Waals surface area contributed by atoms with Crippen LogP contribution in [-0.2, 0) is 0 Å². The molecule has 2 N–H and O–H groups in total. The number of ether oxygens (including phenoxy) is 1. The van der Waals surface area contributed by atoms with Gasteiger partial charge in [0.15, 0.2) is 5.43 Å². The van der Waals surface area contributed by atoms with E-state index in [9.17, 15) is 9.59 Å². The summed E-state index contributed by atoms with van der Waals surface area (Å²) in [5, 5.41) is 3.96. The summed E-state index contributed by atoms with van der Waals surface area (Å²) in [5.74, 6) is 0.817. The first kappa shape index (κ1) is 21.0. The van der Waals surface area contributed by atoms with Crippen molar-refractivity contribution in [3.63, 3.8) is 0 Å². The molecule has 0 bridgehead atoms. The summed E-state index contributed by atoms with van der Waals surface area (Å²) in [6.07, 6.45) is 0. The second-order valence-corrected chi connectivity index (χ2v) is 8.20. The zero-order valence-electron chi connectivity index (χ0n) is 18.6. The van der Waals surface area contributed by atoms with Gasteiger partial charge in [0.1, 0.15) is 11.5 Å². The monoisotopic (exact) mass is 443 g/mol. The molecule has 0 unspecified atom stereocenters. The number of anilines is 2. The van der Waals surface area contributed by atoms with E-state index in [4.69, 9.17) is 4.74 Å². The van der Waals surface area contributed by atoms with Gasteiger partial charge in [-0.2, -0.15) is 4.98 Å². The molecule has 33 heavy (non-hydrogen) atoms. The lowest BCUT2D eigenvalue weighted by Gasteiger charge is -2.33. The first-order valence-corrected chi connectivity index (χ1v) is 10.9. The molecule has 0 atom stereocenters. The number of amides is 1. The highest BCUT2D eigenvalue weighted by atomic mass is 16.5. The van der Waals surface area contributed by atoms with Crippen LogP contribution in [0.2, 0.25) is 0 Å². The molecular formula is C25H25N5O3. The van der Waals surface area contributed by atoms with Gasteiger partial charge in [-0.05, 0) is 43.4 Å². The molecule has 5 rings (SSSR count). The molecule has 168 valence electrons. The van der Waals surface area contributed by atoms with Crippen molar-refractivity contribution in [2.75, 3.05) is 50.6 Å². The van der Waals surface area contributed by atoms with Crippen molar-refractivity contribution in [1.82, 2.24) is 14.9 Å². The molecule has 1 amide bonds. The van der Waals surface area contributed by atoms with E-state index in [2.05, 4.69) is 32.1 Å². The molecular weight excluding hydrogens is 418 g/mol. The van der Waals surface area contributed by atoms with Crippen molar-refractivity contribution in [3.05, 3.63) is 70.4 Å². The largest absolute Gasteiger partial charge is 0.479 e. The number of pyridine rings is 2.